The zero-order chi connectivity index (χ0) is 10.1. The highest BCUT2D eigenvalue weighted by molar-refractivity contribution is 5.69. The van der Waals surface area contributed by atoms with E-state index in [1.165, 1.54) is 25.7 Å². The van der Waals surface area contributed by atoms with Crippen LogP contribution < -0.4 is 0 Å². The van der Waals surface area contributed by atoms with Crippen LogP contribution in [-0.2, 0) is 9.53 Å². The smallest absolute Gasteiger partial charge is 0.305 e. The summed E-state index contributed by atoms with van der Waals surface area (Å²) in [6.07, 6.45) is 6.56. The van der Waals surface area contributed by atoms with Crippen LogP contribution in [0.4, 0.5) is 0 Å². The maximum atomic E-state index is 10.9. The summed E-state index contributed by atoms with van der Waals surface area (Å²) in [4.78, 5) is 10.9. The summed E-state index contributed by atoms with van der Waals surface area (Å²) in [5, 5.41) is 0. The summed E-state index contributed by atoms with van der Waals surface area (Å²) in [5.41, 5.74) is 0. The Labute approximate surface area is 81.7 Å². The van der Waals surface area contributed by atoms with Crippen molar-refractivity contribution >= 4 is 5.97 Å². The molecule has 0 aliphatic heterocycles. The number of esters is 1. The van der Waals surface area contributed by atoms with Crippen molar-refractivity contribution in [2.45, 2.75) is 65.4 Å². The number of ether oxygens (including phenoxy) is 1. The molecule has 0 aliphatic rings. The first-order chi connectivity index (χ1) is 6.20. The van der Waals surface area contributed by atoms with Crippen LogP contribution in [0.3, 0.4) is 0 Å². The van der Waals surface area contributed by atoms with E-state index in [0.717, 1.165) is 6.42 Å². The van der Waals surface area contributed by atoms with Gasteiger partial charge in [-0.05, 0) is 19.8 Å². The highest BCUT2D eigenvalue weighted by atomic mass is 16.5. The van der Waals surface area contributed by atoms with Crippen LogP contribution >= 0.6 is 0 Å². The Kier molecular flexibility index (Phi) is 7.76. The van der Waals surface area contributed by atoms with Gasteiger partial charge in [0.2, 0.25) is 0 Å². The molecule has 13 heavy (non-hydrogen) atoms. The van der Waals surface area contributed by atoms with Gasteiger partial charge in [0.1, 0.15) is 0 Å². The molecule has 0 aromatic rings. The van der Waals surface area contributed by atoms with Gasteiger partial charge in [-0.3, -0.25) is 4.79 Å². The van der Waals surface area contributed by atoms with Crippen LogP contribution in [0.2, 0.25) is 0 Å². The van der Waals surface area contributed by atoms with Crippen molar-refractivity contribution in [1.82, 2.24) is 0 Å². The number of carbonyl (C=O) groups excluding carboxylic acids is 1. The van der Waals surface area contributed by atoms with Crippen molar-refractivity contribution in [3.63, 3.8) is 0 Å². The van der Waals surface area contributed by atoms with Crippen LogP contribution in [0.15, 0.2) is 0 Å². The molecule has 0 saturated heterocycles. The molecular weight excluding hydrogens is 164 g/mol. The maximum Gasteiger partial charge on any atom is 0.305 e. The molecule has 0 bridgehead atoms. The van der Waals surface area contributed by atoms with Gasteiger partial charge in [0.15, 0.2) is 0 Å². The highest BCUT2D eigenvalue weighted by Gasteiger charge is 2.06. The van der Waals surface area contributed by atoms with E-state index in [-0.39, 0.29) is 12.1 Å². The normalized spacial score (nSPS) is 12.5. The van der Waals surface area contributed by atoms with Gasteiger partial charge in [0.05, 0.1) is 6.10 Å². The van der Waals surface area contributed by atoms with E-state index < -0.39 is 0 Å². The van der Waals surface area contributed by atoms with Crippen molar-refractivity contribution in [1.29, 1.82) is 0 Å². The highest BCUT2D eigenvalue weighted by Crippen LogP contribution is 2.08. The van der Waals surface area contributed by atoms with E-state index in [1.54, 1.807) is 0 Å². The number of hydrogen-bond acceptors (Lipinski definition) is 2. The Morgan fingerprint density at radius 1 is 1.23 bits per heavy atom. The third-order valence-electron chi connectivity index (χ3n) is 2.09. The molecule has 1 atom stereocenters. The van der Waals surface area contributed by atoms with Crippen LogP contribution in [0.5, 0.6) is 0 Å². The van der Waals surface area contributed by atoms with Gasteiger partial charge in [0.25, 0.3) is 0 Å². The second kappa shape index (κ2) is 8.09. The van der Waals surface area contributed by atoms with Crippen molar-refractivity contribution in [3.8, 4) is 0 Å². The number of hydrogen-bond donors (Lipinski definition) is 0. The maximum absolute atomic E-state index is 10.9. The number of carbonyl (C=O) groups is 1. The second-order valence-electron chi connectivity index (χ2n) is 3.50. The molecule has 2 nitrogen and oxygen atoms in total. The first-order valence-electron chi connectivity index (χ1n) is 5.40. The molecule has 0 N–H and O–H groups in total. The molecule has 0 amide bonds. The predicted molar refractivity (Wildman–Crippen MR) is 54.6 cm³/mol. The standard InChI is InChI=1S/C11H22O2/c1-4-6-7-8-9-10(3)13-11(12)5-2/h10H,4-9H2,1-3H3. The largest absolute Gasteiger partial charge is 0.463 e. The Hall–Kier alpha value is -0.530. The Morgan fingerprint density at radius 2 is 1.92 bits per heavy atom. The lowest BCUT2D eigenvalue weighted by Gasteiger charge is -2.11. The lowest BCUT2D eigenvalue weighted by Crippen LogP contribution is -2.13. The second-order valence-corrected chi connectivity index (χ2v) is 3.50. The molecule has 0 saturated carbocycles. The Balaban J connectivity index is 3.29. The summed E-state index contributed by atoms with van der Waals surface area (Å²) >= 11 is 0. The predicted octanol–water partition coefficient (Wildman–Crippen LogP) is 3.30. The average Bonchev–Trinajstić information content (AvgIpc) is 2.12. The van der Waals surface area contributed by atoms with Crippen molar-refractivity contribution in [2.24, 2.45) is 0 Å². The number of rotatable bonds is 7. The SMILES string of the molecule is CCCCCCC(C)OC(=O)CC. The van der Waals surface area contributed by atoms with Gasteiger partial charge in [-0.25, -0.2) is 0 Å². The fourth-order valence-corrected chi connectivity index (χ4v) is 1.23. The van der Waals surface area contributed by atoms with E-state index >= 15 is 0 Å². The van der Waals surface area contributed by atoms with Gasteiger partial charge in [-0.2, -0.15) is 0 Å². The minimum atomic E-state index is -0.0806. The zero-order valence-electron chi connectivity index (χ0n) is 9.14. The summed E-state index contributed by atoms with van der Waals surface area (Å²) in [6.45, 7) is 5.99. The molecule has 0 aromatic heterocycles. The fraction of sp³-hybridized carbons (Fsp3) is 0.909. The molecule has 2 heteroatoms. The van der Waals surface area contributed by atoms with Gasteiger partial charge < -0.3 is 4.74 Å². The number of unbranched alkanes of at least 4 members (excludes halogenated alkanes) is 3. The molecular formula is C11H22O2. The summed E-state index contributed by atoms with van der Waals surface area (Å²) in [6, 6.07) is 0. The van der Waals surface area contributed by atoms with E-state index in [9.17, 15) is 4.79 Å². The first-order valence-corrected chi connectivity index (χ1v) is 5.40. The van der Waals surface area contributed by atoms with Gasteiger partial charge in [-0.1, -0.05) is 33.1 Å². The minimum Gasteiger partial charge on any atom is -0.463 e. The molecule has 0 radical (unpaired) electrons. The third-order valence-corrected chi connectivity index (χ3v) is 2.09. The summed E-state index contributed by atoms with van der Waals surface area (Å²) in [7, 11) is 0. The molecule has 0 aliphatic carbocycles. The minimum absolute atomic E-state index is 0.0806. The van der Waals surface area contributed by atoms with E-state index in [0.29, 0.717) is 6.42 Å². The summed E-state index contributed by atoms with van der Waals surface area (Å²) < 4.78 is 5.14. The molecule has 0 spiro atoms. The van der Waals surface area contributed by atoms with Gasteiger partial charge in [-0.15, -0.1) is 0 Å². The Morgan fingerprint density at radius 3 is 2.46 bits per heavy atom. The Bertz CT molecular complexity index is 132. The topological polar surface area (TPSA) is 26.3 Å². The van der Waals surface area contributed by atoms with Gasteiger partial charge >= 0.3 is 5.97 Å². The van der Waals surface area contributed by atoms with Crippen LogP contribution in [-0.4, -0.2) is 12.1 Å². The third kappa shape index (κ3) is 7.82. The molecule has 0 heterocycles. The fourth-order valence-electron chi connectivity index (χ4n) is 1.23. The summed E-state index contributed by atoms with van der Waals surface area (Å²) in [5.74, 6) is -0.0806. The van der Waals surface area contributed by atoms with E-state index in [2.05, 4.69) is 6.92 Å². The quantitative estimate of drug-likeness (QED) is 0.450. The average molecular weight is 186 g/mol. The lowest BCUT2D eigenvalue weighted by atomic mass is 10.1. The molecule has 78 valence electrons. The monoisotopic (exact) mass is 186 g/mol. The first kappa shape index (κ1) is 12.5. The molecule has 1 unspecified atom stereocenters. The molecule has 0 fully saturated rings. The van der Waals surface area contributed by atoms with Crippen molar-refractivity contribution in [2.75, 3.05) is 0 Å². The van der Waals surface area contributed by atoms with Crippen LogP contribution in [0, 0.1) is 0 Å². The van der Waals surface area contributed by atoms with Gasteiger partial charge in [0, 0.05) is 6.42 Å². The van der Waals surface area contributed by atoms with Crippen molar-refractivity contribution in [3.05, 3.63) is 0 Å². The molecule has 0 rings (SSSR count). The lowest BCUT2D eigenvalue weighted by molar-refractivity contribution is -0.148. The van der Waals surface area contributed by atoms with E-state index in [4.69, 9.17) is 4.74 Å². The van der Waals surface area contributed by atoms with Crippen molar-refractivity contribution < 1.29 is 9.53 Å². The van der Waals surface area contributed by atoms with Crippen LogP contribution in [0.1, 0.15) is 59.3 Å². The zero-order valence-corrected chi connectivity index (χ0v) is 9.14. The van der Waals surface area contributed by atoms with Crippen LogP contribution in [0.25, 0.3) is 0 Å². The van der Waals surface area contributed by atoms with E-state index in [1.807, 2.05) is 13.8 Å². The molecule has 0 aromatic carbocycles.